The normalized spacial score (nSPS) is 14.4. The zero-order chi connectivity index (χ0) is 12.5. The van der Waals surface area contributed by atoms with Crippen LogP contribution in [0.4, 0.5) is 0 Å². The summed E-state index contributed by atoms with van der Waals surface area (Å²) in [6.45, 7) is 3.43. The maximum absolute atomic E-state index is 12.4. The van der Waals surface area contributed by atoms with Gasteiger partial charge in [0.15, 0.2) is 0 Å². The van der Waals surface area contributed by atoms with E-state index < -0.39 is 0 Å². The molecule has 1 amide bonds. The molecule has 0 N–H and O–H groups in total. The van der Waals surface area contributed by atoms with Gasteiger partial charge < -0.3 is 4.90 Å². The highest BCUT2D eigenvalue weighted by molar-refractivity contribution is 7.09. The maximum Gasteiger partial charge on any atom is 0.273 e. The van der Waals surface area contributed by atoms with Gasteiger partial charge in [0.1, 0.15) is 5.69 Å². The lowest BCUT2D eigenvalue weighted by atomic mass is 10.00. The van der Waals surface area contributed by atoms with Crippen molar-refractivity contribution in [3.05, 3.63) is 51.5 Å². The number of aromatic nitrogens is 1. The molecule has 3 rings (SSSR count). The first-order valence-corrected chi connectivity index (χ1v) is 6.90. The summed E-state index contributed by atoms with van der Waals surface area (Å²) in [5.74, 6) is 0.0586. The van der Waals surface area contributed by atoms with Crippen LogP contribution in [0.5, 0.6) is 0 Å². The van der Waals surface area contributed by atoms with Crippen LogP contribution in [0.2, 0.25) is 0 Å². The highest BCUT2D eigenvalue weighted by atomic mass is 32.1. The number of hydrogen-bond donors (Lipinski definition) is 0. The van der Waals surface area contributed by atoms with Gasteiger partial charge >= 0.3 is 0 Å². The second-order valence-electron chi connectivity index (χ2n) is 4.50. The highest BCUT2D eigenvalue weighted by Gasteiger charge is 2.23. The van der Waals surface area contributed by atoms with E-state index in [2.05, 4.69) is 23.2 Å². The summed E-state index contributed by atoms with van der Waals surface area (Å²) in [7, 11) is 0. The van der Waals surface area contributed by atoms with Crippen molar-refractivity contribution in [1.82, 2.24) is 9.88 Å². The molecule has 18 heavy (non-hydrogen) atoms. The summed E-state index contributed by atoms with van der Waals surface area (Å²) in [4.78, 5) is 19.4. The number of benzene rings is 1. The van der Waals surface area contributed by atoms with E-state index in [0.717, 1.165) is 17.8 Å². The quantitative estimate of drug-likeness (QED) is 0.788. The molecule has 2 heterocycles. The van der Waals surface area contributed by atoms with E-state index in [1.807, 2.05) is 17.9 Å². The Morgan fingerprint density at radius 2 is 2.11 bits per heavy atom. The number of carbonyl (C=O) groups is 1. The fourth-order valence-corrected chi connectivity index (χ4v) is 2.90. The van der Waals surface area contributed by atoms with Gasteiger partial charge in [0.05, 0.1) is 5.51 Å². The lowest BCUT2D eigenvalue weighted by Gasteiger charge is -2.28. The van der Waals surface area contributed by atoms with Gasteiger partial charge in [-0.15, -0.1) is 11.3 Å². The molecule has 1 aliphatic rings. The minimum atomic E-state index is 0.0586. The topological polar surface area (TPSA) is 33.2 Å². The summed E-state index contributed by atoms with van der Waals surface area (Å²) in [5.41, 5.74) is 4.96. The van der Waals surface area contributed by atoms with Crippen LogP contribution in [0.25, 0.3) is 0 Å². The number of amides is 1. The number of aryl methyl sites for hydroxylation is 1. The van der Waals surface area contributed by atoms with Gasteiger partial charge in [-0.3, -0.25) is 4.79 Å². The lowest BCUT2D eigenvalue weighted by Crippen LogP contribution is -2.36. The van der Waals surface area contributed by atoms with Crippen molar-refractivity contribution < 1.29 is 4.79 Å². The number of fused-ring (bicyclic) bond motifs is 1. The summed E-state index contributed by atoms with van der Waals surface area (Å²) >= 11 is 1.52. The second kappa shape index (κ2) is 4.53. The SMILES string of the molecule is Cc1scnc1C(=O)N1CCc2ccccc2C1. The molecule has 0 saturated carbocycles. The van der Waals surface area contributed by atoms with Crippen LogP contribution in [-0.2, 0) is 13.0 Å². The molecule has 0 aliphatic carbocycles. The van der Waals surface area contributed by atoms with E-state index in [-0.39, 0.29) is 5.91 Å². The van der Waals surface area contributed by atoms with Crippen molar-refractivity contribution in [2.75, 3.05) is 6.54 Å². The average molecular weight is 258 g/mol. The third-order valence-corrected chi connectivity index (χ3v) is 4.12. The Morgan fingerprint density at radius 3 is 2.83 bits per heavy atom. The van der Waals surface area contributed by atoms with Crippen molar-refractivity contribution in [3.63, 3.8) is 0 Å². The molecule has 0 bridgehead atoms. The van der Waals surface area contributed by atoms with E-state index in [9.17, 15) is 4.79 Å². The van der Waals surface area contributed by atoms with Crippen LogP contribution in [0.15, 0.2) is 29.8 Å². The van der Waals surface area contributed by atoms with E-state index in [1.54, 1.807) is 5.51 Å². The fourth-order valence-electron chi connectivity index (χ4n) is 2.33. The van der Waals surface area contributed by atoms with Crippen LogP contribution in [0, 0.1) is 6.92 Å². The van der Waals surface area contributed by atoms with Crippen LogP contribution in [0.3, 0.4) is 0 Å². The number of nitrogens with zero attached hydrogens (tertiary/aromatic N) is 2. The second-order valence-corrected chi connectivity index (χ2v) is 5.56. The Kier molecular flexibility index (Phi) is 2.88. The monoisotopic (exact) mass is 258 g/mol. The first-order chi connectivity index (χ1) is 8.75. The molecule has 1 aromatic carbocycles. The van der Waals surface area contributed by atoms with Crippen molar-refractivity contribution in [2.24, 2.45) is 0 Å². The van der Waals surface area contributed by atoms with E-state index in [1.165, 1.54) is 22.5 Å². The van der Waals surface area contributed by atoms with E-state index in [0.29, 0.717) is 12.2 Å². The summed E-state index contributed by atoms with van der Waals surface area (Å²) < 4.78 is 0. The smallest absolute Gasteiger partial charge is 0.273 e. The number of hydrogen-bond acceptors (Lipinski definition) is 3. The zero-order valence-corrected chi connectivity index (χ0v) is 11.0. The van der Waals surface area contributed by atoms with E-state index >= 15 is 0 Å². The lowest BCUT2D eigenvalue weighted by molar-refractivity contribution is 0.0729. The molecule has 3 nitrogen and oxygen atoms in total. The molecule has 1 aliphatic heterocycles. The van der Waals surface area contributed by atoms with Gasteiger partial charge in [-0.25, -0.2) is 4.98 Å². The molecule has 92 valence electrons. The average Bonchev–Trinajstić information content (AvgIpc) is 2.83. The first-order valence-electron chi connectivity index (χ1n) is 6.02. The molecule has 4 heteroatoms. The minimum Gasteiger partial charge on any atom is -0.333 e. The van der Waals surface area contributed by atoms with E-state index in [4.69, 9.17) is 0 Å². The first kappa shape index (κ1) is 11.4. The van der Waals surface area contributed by atoms with Gasteiger partial charge in [-0.1, -0.05) is 24.3 Å². The Labute approximate surface area is 110 Å². The molecule has 0 saturated heterocycles. The predicted octanol–water partition coefficient (Wildman–Crippen LogP) is 2.65. The van der Waals surface area contributed by atoms with Crippen molar-refractivity contribution in [3.8, 4) is 0 Å². The van der Waals surface area contributed by atoms with Crippen molar-refractivity contribution >= 4 is 17.2 Å². The van der Waals surface area contributed by atoms with Crippen LogP contribution in [0.1, 0.15) is 26.5 Å². The van der Waals surface area contributed by atoms with Gasteiger partial charge in [0, 0.05) is 18.0 Å². The highest BCUT2D eigenvalue weighted by Crippen LogP contribution is 2.21. The molecule has 1 aromatic heterocycles. The van der Waals surface area contributed by atoms with Crippen LogP contribution >= 0.6 is 11.3 Å². The van der Waals surface area contributed by atoms with Crippen LogP contribution < -0.4 is 0 Å². The minimum absolute atomic E-state index is 0.0586. The fraction of sp³-hybridized carbons (Fsp3) is 0.286. The number of thiazole rings is 1. The van der Waals surface area contributed by atoms with Gasteiger partial charge in [0.25, 0.3) is 5.91 Å². The Hall–Kier alpha value is -1.68. The Balaban J connectivity index is 1.84. The standard InChI is InChI=1S/C14H14N2OS/c1-10-13(15-9-18-10)14(17)16-7-6-11-4-2-3-5-12(11)8-16/h2-5,9H,6-8H2,1H3. The van der Waals surface area contributed by atoms with Crippen molar-refractivity contribution in [1.29, 1.82) is 0 Å². The van der Waals surface area contributed by atoms with Gasteiger partial charge in [0.2, 0.25) is 0 Å². The van der Waals surface area contributed by atoms with Crippen LogP contribution in [-0.4, -0.2) is 22.3 Å². The summed E-state index contributed by atoms with van der Waals surface area (Å²) in [5, 5.41) is 0. The molecule has 0 atom stereocenters. The molecular weight excluding hydrogens is 244 g/mol. The summed E-state index contributed by atoms with van der Waals surface area (Å²) in [6.07, 6.45) is 0.936. The molecule has 0 fully saturated rings. The third kappa shape index (κ3) is 1.93. The zero-order valence-electron chi connectivity index (χ0n) is 10.2. The third-order valence-electron chi connectivity index (χ3n) is 3.37. The predicted molar refractivity (Wildman–Crippen MR) is 71.7 cm³/mol. The summed E-state index contributed by atoms with van der Waals surface area (Å²) in [6, 6.07) is 8.33. The van der Waals surface area contributed by atoms with Gasteiger partial charge in [-0.2, -0.15) is 0 Å². The maximum atomic E-state index is 12.4. The molecule has 0 radical (unpaired) electrons. The molecular formula is C14H14N2OS. The van der Waals surface area contributed by atoms with Crippen molar-refractivity contribution in [2.45, 2.75) is 19.9 Å². The Morgan fingerprint density at radius 1 is 1.33 bits per heavy atom. The number of carbonyl (C=O) groups excluding carboxylic acids is 1. The molecule has 2 aromatic rings. The number of rotatable bonds is 1. The molecule has 0 spiro atoms. The molecule has 0 unspecified atom stereocenters. The Bertz CT molecular complexity index is 591. The van der Waals surface area contributed by atoms with Gasteiger partial charge in [-0.05, 0) is 24.5 Å². The largest absolute Gasteiger partial charge is 0.333 e.